The van der Waals surface area contributed by atoms with Gasteiger partial charge in [0.2, 0.25) is 0 Å². The molecule has 0 saturated carbocycles. The van der Waals surface area contributed by atoms with E-state index in [1.807, 2.05) is 32.0 Å². The van der Waals surface area contributed by atoms with Gasteiger partial charge in [-0.3, -0.25) is 0 Å². The van der Waals surface area contributed by atoms with E-state index in [4.69, 9.17) is 14.7 Å². The Labute approximate surface area is 113 Å². The number of hydrogen-bond donors (Lipinski definition) is 0. The first kappa shape index (κ1) is 14.8. The second-order valence-corrected chi connectivity index (χ2v) is 4.40. The van der Waals surface area contributed by atoms with Crippen molar-refractivity contribution in [1.29, 1.82) is 5.26 Å². The third kappa shape index (κ3) is 4.47. The first-order chi connectivity index (χ1) is 9.08. The van der Waals surface area contributed by atoms with E-state index in [1.165, 1.54) is 13.2 Å². The lowest BCUT2D eigenvalue weighted by molar-refractivity contribution is -0.139. The molecule has 0 aliphatic carbocycles. The molecule has 0 aliphatic heterocycles. The molecule has 19 heavy (non-hydrogen) atoms. The molecule has 1 rings (SSSR count). The standard InChI is InChI=1S/C15H17NO3/c1-11(2)10-19-15(17)13(9-16)8-12-6-4-5-7-14(12)18-3/h4-8,11H,10H2,1-3H3. The molecule has 0 atom stereocenters. The van der Waals surface area contributed by atoms with Crippen molar-refractivity contribution in [3.8, 4) is 11.8 Å². The lowest BCUT2D eigenvalue weighted by Crippen LogP contribution is -2.11. The smallest absolute Gasteiger partial charge is 0.348 e. The van der Waals surface area contributed by atoms with Crippen LogP contribution in [0.2, 0.25) is 0 Å². The molecule has 0 saturated heterocycles. The molecule has 1 aromatic rings. The summed E-state index contributed by atoms with van der Waals surface area (Å²) in [5, 5.41) is 9.03. The van der Waals surface area contributed by atoms with Crippen LogP contribution in [0.1, 0.15) is 19.4 Å². The zero-order valence-corrected chi connectivity index (χ0v) is 11.3. The van der Waals surface area contributed by atoms with Gasteiger partial charge in [-0.25, -0.2) is 4.79 Å². The summed E-state index contributed by atoms with van der Waals surface area (Å²) in [4.78, 5) is 11.7. The second-order valence-electron chi connectivity index (χ2n) is 4.40. The van der Waals surface area contributed by atoms with Gasteiger partial charge in [-0.2, -0.15) is 5.26 Å². The summed E-state index contributed by atoms with van der Waals surface area (Å²) in [6, 6.07) is 9.02. The highest BCUT2D eigenvalue weighted by molar-refractivity contribution is 5.98. The van der Waals surface area contributed by atoms with Crippen LogP contribution in [0.5, 0.6) is 5.75 Å². The molecule has 100 valence electrons. The maximum Gasteiger partial charge on any atom is 0.348 e. The molecular formula is C15H17NO3. The van der Waals surface area contributed by atoms with Gasteiger partial charge in [0, 0.05) is 5.56 Å². The predicted octanol–water partition coefficient (Wildman–Crippen LogP) is 2.80. The minimum Gasteiger partial charge on any atom is -0.496 e. The first-order valence-electron chi connectivity index (χ1n) is 6.00. The van der Waals surface area contributed by atoms with Crippen LogP contribution in [0.3, 0.4) is 0 Å². The molecular weight excluding hydrogens is 242 g/mol. The molecule has 0 bridgehead atoms. The van der Waals surface area contributed by atoms with Crippen LogP contribution in [0.25, 0.3) is 6.08 Å². The van der Waals surface area contributed by atoms with Crippen molar-refractivity contribution in [3.05, 3.63) is 35.4 Å². The van der Waals surface area contributed by atoms with Crippen molar-refractivity contribution >= 4 is 12.0 Å². The van der Waals surface area contributed by atoms with Crippen LogP contribution >= 0.6 is 0 Å². The molecule has 0 spiro atoms. The van der Waals surface area contributed by atoms with E-state index < -0.39 is 5.97 Å². The van der Waals surface area contributed by atoms with Gasteiger partial charge in [-0.1, -0.05) is 32.0 Å². The van der Waals surface area contributed by atoms with Crippen molar-refractivity contribution in [2.45, 2.75) is 13.8 Å². The first-order valence-corrected chi connectivity index (χ1v) is 6.00. The summed E-state index contributed by atoms with van der Waals surface area (Å²) in [5.41, 5.74) is 0.633. The van der Waals surface area contributed by atoms with Crippen LogP contribution in [0.4, 0.5) is 0 Å². The molecule has 0 N–H and O–H groups in total. The largest absolute Gasteiger partial charge is 0.496 e. The fraction of sp³-hybridized carbons (Fsp3) is 0.333. The predicted molar refractivity (Wildman–Crippen MR) is 72.4 cm³/mol. The van der Waals surface area contributed by atoms with E-state index in [0.717, 1.165) is 0 Å². The average molecular weight is 259 g/mol. The monoisotopic (exact) mass is 259 g/mol. The van der Waals surface area contributed by atoms with Gasteiger partial charge in [0.05, 0.1) is 13.7 Å². The third-order valence-electron chi connectivity index (χ3n) is 2.33. The number of carbonyl (C=O) groups is 1. The Morgan fingerprint density at radius 1 is 1.42 bits per heavy atom. The Hall–Kier alpha value is -2.28. The Bertz CT molecular complexity index is 512. The highest BCUT2D eigenvalue weighted by Crippen LogP contribution is 2.20. The highest BCUT2D eigenvalue weighted by Gasteiger charge is 2.12. The maximum absolute atomic E-state index is 11.7. The van der Waals surface area contributed by atoms with Gasteiger partial charge in [0.15, 0.2) is 0 Å². The third-order valence-corrected chi connectivity index (χ3v) is 2.33. The Morgan fingerprint density at radius 3 is 2.68 bits per heavy atom. The van der Waals surface area contributed by atoms with Crippen molar-refractivity contribution in [1.82, 2.24) is 0 Å². The zero-order chi connectivity index (χ0) is 14.3. The van der Waals surface area contributed by atoms with Crippen molar-refractivity contribution in [3.63, 3.8) is 0 Å². The van der Waals surface area contributed by atoms with Crippen LogP contribution in [0.15, 0.2) is 29.8 Å². The van der Waals surface area contributed by atoms with E-state index in [-0.39, 0.29) is 11.5 Å². The number of rotatable bonds is 5. The van der Waals surface area contributed by atoms with E-state index in [1.54, 1.807) is 12.1 Å². The Balaban J connectivity index is 2.93. The zero-order valence-electron chi connectivity index (χ0n) is 11.3. The van der Waals surface area contributed by atoms with Crippen LogP contribution < -0.4 is 4.74 Å². The minimum absolute atomic E-state index is 0.0369. The number of methoxy groups -OCH3 is 1. The SMILES string of the molecule is COc1ccccc1C=C(C#N)C(=O)OCC(C)C. The summed E-state index contributed by atoms with van der Waals surface area (Å²) in [6.45, 7) is 4.16. The van der Waals surface area contributed by atoms with Crippen LogP contribution in [-0.4, -0.2) is 19.7 Å². The number of carbonyl (C=O) groups excluding carboxylic acids is 1. The van der Waals surface area contributed by atoms with Gasteiger partial charge in [-0.15, -0.1) is 0 Å². The Morgan fingerprint density at radius 2 is 2.11 bits per heavy atom. The number of nitrogens with zero attached hydrogens (tertiary/aromatic N) is 1. The molecule has 4 heteroatoms. The lowest BCUT2D eigenvalue weighted by atomic mass is 10.1. The lowest BCUT2D eigenvalue weighted by Gasteiger charge is -2.07. The van der Waals surface area contributed by atoms with E-state index in [9.17, 15) is 4.79 Å². The molecule has 0 fully saturated rings. The second kappa shape index (κ2) is 7.22. The molecule has 0 amide bonds. The van der Waals surface area contributed by atoms with Crippen molar-refractivity contribution in [2.24, 2.45) is 5.92 Å². The topological polar surface area (TPSA) is 59.3 Å². The maximum atomic E-state index is 11.7. The van der Waals surface area contributed by atoms with Gasteiger partial charge < -0.3 is 9.47 Å². The molecule has 0 heterocycles. The summed E-state index contributed by atoms with van der Waals surface area (Å²) < 4.78 is 10.2. The van der Waals surface area contributed by atoms with Crippen LogP contribution in [0, 0.1) is 17.2 Å². The summed E-state index contributed by atoms with van der Waals surface area (Å²) in [7, 11) is 1.54. The number of hydrogen-bond acceptors (Lipinski definition) is 4. The fourth-order valence-corrected chi connectivity index (χ4v) is 1.40. The molecule has 4 nitrogen and oxygen atoms in total. The van der Waals surface area contributed by atoms with Gasteiger partial charge in [0.25, 0.3) is 0 Å². The minimum atomic E-state index is -0.609. The van der Waals surface area contributed by atoms with Crippen molar-refractivity contribution < 1.29 is 14.3 Å². The normalized spacial score (nSPS) is 11.0. The summed E-state index contributed by atoms with van der Waals surface area (Å²) in [6.07, 6.45) is 1.47. The summed E-state index contributed by atoms with van der Waals surface area (Å²) >= 11 is 0. The van der Waals surface area contributed by atoms with Crippen LogP contribution in [-0.2, 0) is 9.53 Å². The fourth-order valence-electron chi connectivity index (χ4n) is 1.40. The van der Waals surface area contributed by atoms with Gasteiger partial charge in [0.1, 0.15) is 17.4 Å². The highest BCUT2D eigenvalue weighted by atomic mass is 16.5. The van der Waals surface area contributed by atoms with Gasteiger partial charge in [-0.05, 0) is 18.1 Å². The van der Waals surface area contributed by atoms with E-state index >= 15 is 0 Å². The number of nitriles is 1. The summed E-state index contributed by atoms with van der Waals surface area (Å²) in [5.74, 6) is 0.226. The molecule has 1 aromatic carbocycles. The van der Waals surface area contributed by atoms with E-state index in [0.29, 0.717) is 17.9 Å². The molecule has 0 radical (unpaired) electrons. The van der Waals surface area contributed by atoms with E-state index in [2.05, 4.69) is 0 Å². The van der Waals surface area contributed by atoms with Crippen molar-refractivity contribution in [2.75, 3.05) is 13.7 Å². The number of para-hydroxylation sites is 1. The number of benzene rings is 1. The Kier molecular flexibility index (Phi) is 5.62. The average Bonchev–Trinajstić information content (AvgIpc) is 2.42. The quantitative estimate of drug-likeness (QED) is 0.463. The number of esters is 1. The number of ether oxygens (including phenoxy) is 2. The van der Waals surface area contributed by atoms with Gasteiger partial charge >= 0.3 is 5.97 Å². The molecule has 0 aliphatic rings. The molecule has 0 unspecified atom stereocenters. The molecule has 0 aromatic heterocycles.